The van der Waals surface area contributed by atoms with Crippen LogP contribution in [-0.4, -0.2) is 24.4 Å². The topological polar surface area (TPSA) is 30.8 Å². The van der Waals surface area contributed by atoms with E-state index in [4.69, 9.17) is 9.57 Å². The quantitative estimate of drug-likeness (QED) is 0.235. The van der Waals surface area contributed by atoms with Crippen LogP contribution in [0.15, 0.2) is 5.16 Å². The van der Waals surface area contributed by atoms with Gasteiger partial charge < -0.3 is 9.57 Å². The van der Waals surface area contributed by atoms with E-state index in [0.29, 0.717) is 19.1 Å². The monoisotopic (exact) mass is 223 g/mol. The lowest BCUT2D eigenvalue weighted by Crippen LogP contribution is -2.00. The number of halogens is 1. The highest BCUT2D eigenvalue weighted by Crippen LogP contribution is 1.90. The van der Waals surface area contributed by atoms with Crippen molar-refractivity contribution in [2.45, 2.75) is 20.3 Å². The first kappa shape index (κ1) is 10.8. The Bertz CT molecular complexity index is 117. The fourth-order valence-electron chi connectivity index (χ4n) is 0.491. The first-order valence-corrected chi connectivity index (χ1v) is 4.78. The fraction of sp³-hybridized carbons (Fsp3) is 0.857. The highest BCUT2D eigenvalue weighted by Gasteiger charge is 1.88. The molecule has 0 atom stereocenters. The summed E-state index contributed by atoms with van der Waals surface area (Å²) in [6.45, 7) is 4.96. The molecule has 66 valence electrons. The molecule has 0 rings (SSSR count). The lowest BCUT2D eigenvalue weighted by atomic mass is 10.5. The maximum Gasteiger partial charge on any atom is 0.222 e. The third kappa shape index (κ3) is 7.65. The Morgan fingerprint density at radius 2 is 2.27 bits per heavy atom. The molecule has 0 spiro atoms. The molecule has 0 aromatic heterocycles. The summed E-state index contributed by atoms with van der Waals surface area (Å²) < 4.78 is 5.04. The summed E-state index contributed by atoms with van der Waals surface area (Å²) in [5, 5.41) is 4.67. The van der Waals surface area contributed by atoms with E-state index in [9.17, 15) is 0 Å². The zero-order chi connectivity index (χ0) is 8.53. The minimum absolute atomic E-state index is 0.585. The molecule has 11 heavy (non-hydrogen) atoms. The van der Waals surface area contributed by atoms with Crippen LogP contribution in [0.5, 0.6) is 0 Å². The Balaban J connectivity index is 3.24. The van der Waals surface area contributed by atoms with E-state index < -0.39 is 0 Å². The van der Waals surface area contributed by atoms with E-state index in [2.05, 4.69) is 21.1 Å². The van der Waals surface area contributed by atoms with Crippen molar-refractivity contribution in [2.75, 3.05) is 18.5 Å². The van der Waals surface area contributed by atoms with Crippen molar-refractivity contribution in [1.29, 1.82) is 0 Å². The molecule has 0 aliphatic heterocycles. The lowest BCUT2D eigenvalue weighted by Gasteiger charge is -2.00. The molecular formula is C7H14BrNO2. The van der Waals surface area contributed by atoms with Crippen LogP contribution in [-0.2, 0) is 9.57 Å². The van der Waals surface area contributed by atoms with E-state index >= 15 is 0 Å². The second-order valence-electron chi connectivity index (χ2n) is 1.92. The summed E-state index contributed by atoms with van der Waals surface area (Å²) in [4.78, 5) is 4.92. The van der Waals surface area contributed by atoms with E-state index in [1.54, 1.807) is 6.92 Å². The summed E-state index contributed by atoms with van der Waals surface area (Å²) in [5.41, 5.74) is 0. The van der Waals surface area contributed by atoms with Crippen molar-refractivity contribution in [3.05, 3.63) is 0 Å². The average Bonchev–Trinajstić information content (AvgIpc) is 1.99. The molecule has 0 aliphatic rings. The zero-order valence-corrected chi connectivity index (χ0v) is 8.56. The first-order valence-electron chi connectivity index (χ1n) is 3.66. The molecule has 0 saturated heterocycles. The van der Waals surface area contributed by atoms with Crippen LogP contribution >= 0.6 is 15.9 Å². The highest BCUT2D eigenvalue weighted by molar-refractivity contribution is 9.09. The van der Waals surface area contributed by atoms with Crippen molar-refractivity contribution in [3.8, 4) is 0 Å². The summed E-state index contributed by atoms with van der Waals surface area (Å²) in [6.07, 6.45) is 0.961. The Kier molecular flexibility index (Phi) is 7.67. The normalized spacial score (nSPS) is 11.4. The van der Waals surface area contributed by atoms with E-state index in [-0.39, 0.29) is 0 Å². The lowest BCUT2D eigenvalue weighted by molar-refractivity contribution is 0.134. The molecule has 0 aromatic rings. The molecule has 0 aliphatic carbocycles. The fourth-order valence-corrected chi connectivity index (χ4v) is 0.720. The van der Waals surface area contributed by atoms with Gasteiger partial charge in [-0.15, -0.1) is 0 Å². The Morgan fingerprint density at radius 3 is 2.82 bits per heavy atom. The molecule has 0 heterocycles. The predicted octanol–water partition coefficient (Wildman–Crippen LogP) is 2.16. The van der Waals surface area contributed by atoms with Gasteiger partial charge in [-0.1, -0.05) is 21.1 Å². The van der Waals surface area contributed by atoms with Gasteiger partial charge in [-0.05, 0) is 13.3 Å². The van der Waals surface area contributed by atoms with E-state index in [1.165, 1.54) is 0 Å². The minimum Gasteiger partial charge on any atom is -0.479 e. The number of oxime groups is 1. The highest BCUT2D eigenvalue weighted by atomic mass is 79.9. The summed E-state index contributed by atoms with van der Waals surface area (Å²) >= 11 is 3.29. The van der Waals surface area contributed by atoms with Gasteiger partial charge in [0.1, 0.15) is 6.61 Å². The Morgan fingerprint density at radius 1 is 1.55 bits per heavy atom. The standard InChI is InChI=1S/C7H14BrNO2/c1-3-10-7(2)9-11-6-4-5-8/h3-6H2,1-2H3/b9-7+. The van der Waals surface area contributed by atoms with Crippen LogP contribution < -0.4 is 0 Å². The van der Waals surface area contributed by atoms with Gasteiger partial charge in [0.15, 0.2) is 0 Å². The first-order chi connectivity index (χ1) is 5.31. The summed E-state index contributed by atoms with van der Waals surface area (Å²) in [5.74, 6) is 0.585. The summed E-state index contributed by atoms with van der Waals surface area (Å²) in [7, 11) is 0. The number of nitrogens with zero attached hydrogens (tertiary/aromatic N) is 1. The number of rotatable bonds is 5. The number of hydrogen-bond acceptors (Lipinski definition) is 3. The minimum atomic E-state index is 0.585. The van der Waals surface area contributed by atoms with Gasteiger partial charge in [-0.25, -0.2) is 0 Å². The van der Waals surface area contributed by atoms with Crippen LogP contribution in [0.4, 0.5) is 0 Å². The van der Waals surface area contributed by atoms with Crippen LogP contribution in [0.2, 0.25) is 0 Å². The van der Waals surface area contributed by atoms with Gasteiger partial charge in [-0.2, -0.15) is 0 Å². The third-order valence-electron chi connectivity index (χ3n) is 0.916. The molecule has 0 N–H and O–H groups in total. The van der Waals surface area contributed by atoms with E-state index in [1.807, 2.05) is 6.92 Å². The molecule has 0 bridgehead atoms. The van der Waals surface area contributed by atoms with Crippen molar-refractivity contribution in [3.63, 3.8) is 0 Å². The summed E-state index contributed by atoms with van der Waals surface area (Å²) in [6, 6.07) is 0. The van der Waals surface area contributed by atoms with Crippen LogP contribution in [0, 0.1) is 0 Å². The Labute approximate surface area is 75.9 Å². The second-order valence-corrected chi connectivity index (χ2v) is 2.71. The zero-order valence-electron chi connectivity index (χ0n) is 6.97. The molecule has 4 heteroatoms. The van der Waals surface area contributed by atoms with Crippen LogP contribution in [0.25, 0.3) is 0 Å². The molecular weight excluding hydrogens is 210 g/mol. The molecule has 0 unspecified atom stereocenters. The van der Waals surface area contributed by atoms with Crippen molar-refractivity contribution in [2.24, 2.45) is 5.16 Å². The van der Waals surface area contributed by atoms with Crippen molar-refractivity contribution >= 4 is 21.8 Å². The number of hydrogen-bond donors (Lipinski definition) is 0. The van der Waals surface area contributed by atoms with Gasteiger partial charge in [0.05, 0.1) is 6.61 Å². The molecule has 0 radical (unpaired) electrons. The number of ether oxygens (including phenoxy) is 1. The molecule has 0 aromatic carbocycles. The number of alkyl halides is 1. The maximum absolute atomic E-state index is 5.04. The van der Waals surface area contributed by atoms with Crippen molar-refractivity contribution in [1.82, 2.24) is 0 Å². The smallest absolute Gasteiger partial charge is 0.222 e. The second kappa shape index (κ2) is 7.85. The van der Waals surface area contributed by atoms with Crippen LogP contribution in [0.1, 0.15) is 20.3 Å². The predicted molar refractivity (Wildman–Crippen MR) is 49.1 cm³/mol. The van der Waals surface area contributed by atoms with Gasteiger partial charge >= 0.3 is 0 Å². The van der Waals surface area contributed by atoms with Crippen LogP contribution in [0.3, 0.4) is 0 Å². The van der Waals surface area contributed by atoms with Gasteiger partial charge in [0.25, 0.3) is 0 Å². The third-order valence-corrected chi connectivity index (χ3v) is 1.48. The largest absolute Gasteiger partial charge is 0.479 e. The SMILES string of the molecule is CCO/C(C)=N/OCCCBr. The molecule has 0 amide bonds. The molecule has 3 nitrogen and oxygen atoms in total. The van der Waals surface area contributed by atoms with E-state index in [0.717, 1.165) is 11.8 Å². The Hall–Kier alpha value is -0.250. The molecule has 0 fully saturated rings. The molecule has 0 saturated carbocycles. The van der Waals surface area contributed by atoms with Gasteiger partial charge in [0.2, 0.25) is 5.90 Å². The van der Waals surface area contributed by atoms with Gasteiger partial charge in [0, 0.05) is 12.3 Å². The maximum atomic E-state index is 5.04. The average molecular weight is 224 g/mol. The van der Waals surface area contributed by atoms with Crippen molar-refractivity contribution < 1.29 is 9.57 Å². The van der Waals surface area contributed by atoms with Gasteiger partial charge in [-0.3, -0.25) is 0 Å².